The third kappa shape index (κ3) is 5.11. The number of aromatic amines is 1. The second-order valence-corrected chi connectivity index (χ2v) is 9.31. The van der Waals surface area contributed by atoms with Gasteiger partial charge >= 0.3 is 0 Å². The lowest BCUT2D eigenvalue weighted by atomic mass is 9.88. The normalized spacial score (nSPS) is 17.0. The standard InChI is InChI=1S/C27H30N6O3/c1-16-5-6-17-12-22(26(34)31-21(17)11-16)30-25-9-10-28-27(32-25)29-18-7-8-23(24(13-18)35-4)36-20-14-19(15-20)33(2)3/h5-13,19-20H,14-15H2,1-4H3,(H,31,34)(H2,28,29,30,32). The predicted molar refractivity (Wildman–Crippen MR) is 142 cm³/mol. The highest BCUT2D eigenvalue weighted by atomic mass is 16.5. The smallest absolute Gasteiger partial charge is 0.272 e. The summed E-state index contributed by atoms with van der Waals surface area (Å²) in [6, 6.07) is 15.7. The van der Waals surface area contributed by atoms with E-state index in [1.54, 1.807) is 19.4 Å². The molecule has 2 heterocycles. The van der Waals surface area contributed by atoms with Crippen LogP contribution in [-0.2, 0) is 0 Å². The number of benzene rings is 2. The van der Waals surface area contributed by atoms with Gasteiger partial charge in [0.05, 0.1) is 7.11 Å². The zero-order chi connectivity index (χ0) is 25.2. The van der Waals surface area contributed by atoms with E-state index in [9.17, 15) is 4.79 Å². The molecule has 5 rings (SSSR count). The number of nitrogens with zero attached hydrogens (tertiary/aromatic N) is 3. The fourth-order valence-electron chi connectivity index (χ4n) is 4.24. The van der Waals surface area contributed by atoms with Crippen molar-refractivity contribution in [3.8, 4) is 11.5 Å². The number of aryl methyl sites for hydroxylation is 1. The van der Waals surface area contributed by atoms with Crippen LogP contribution in [0.2, 0.25) is 0 Å². The van der Waals surface area contributed by atoms with E-state index >= 15 is 0 Å². The summed E-state index contributed by atoms with van der Waals surface area (Å²) in [6.45, 7) is 1.99. The van der Waals surface area contributed by atoms with Crippen molar-refractivity contribution >= 4 is 34.0 Å². The molecule has 0 bridgehead atoms. The number of fused-ring (bicyclic) bond motifs is 1. The summed E-state index contributed by atoms with van der Waals surface area (Å²) >= 11 is 0. The second-order valence-electron chi connectivity index (χ2n) is 9.31. The van der Waals surface area contributed by atoms with Gasteiger partial charge in [-0.1, -0.05) is 12.1 Å². The summed E-state index contributed by atoms with van der Waals surface area (Å²) in [5.41, 5.74) is 2.83. The minimum atomic E-state index is -0.218. The van der Waals surface area contributed by atoms with Gasteiger partial charge in [-0.15, -0.1) is 0 Å². The number of pyridine rings is 1. The average molecular weight is 487 g/mol. The van der Waals surface area contributed by atoms with Crippen molar-refractivity contribution < 1.29 is 9.47 Å². The highest BCUT2D eigenvalue weighted by Gasteiger charge is 2.32. The van der Waals surface area contributed by atoms with Crippen molar-refractivity contribution in [3.63, 3.8) is 0 Å². The highest BCUT2D eigenvalue weighted by Crippen LogP contribution is 2.36. The molecule has 0 aliphatic heterocycles. The zero-order valence-corrected chi connectivity index (χ0v) is 20.8. The van der Waals surface area contributed by atoms with E-state index in [0.717, 1.165) is 35.0 Å². The Morgan fingerprint density at radius 2 is 1.86 bits per heavy atom. The van der Waals surface area contributed by atoms with Crippen LogP contribution in [0.4, 0.5) is 23.1 Å². The van der Waals surface area contributed by atoms with Gasteiger partial charge in [0.2, 0.25) is 5.95 Å². The first-order chi connectivity index (χ1) is 17.4. The molecule has 186 valence electrons. The van der Waals surface area contributed by atoms with Crippen LogP contribution < -0.4 is 25.7 Å². The Morgan fingerprint density at radius 3 is 2.64 bits per heavy atom. The Bertz CT molecular complexity index is 1450. The lowest BCUT2D eigenvalue weighted by molar-refractivity contribution is 0.0383. The molecule has 0 saturated heterocycles. The predicted octanol–water partition coefficient (Wildman–Crippen LogP) is 4.59. The number of ether oxygens (including phenoxy) is 2. The van der Waals surface area contributed by atoms with E-state index in [4.69, 9.17) is 9.47 Å². The van der Waals surface area contributed by atoms with Crippen LogP contribution >= 0.6 is 0 Å². The van der Waals surface area contributed by atoms with Gasteiger partial charge < -0.3 is 30.0 Å². The minimum absolute atomic E-state index is 0.193. The summed E-state index contributed by atoms with van der Waals surface area (Å²) < 4.78 is 11.7. The summed E-state index contributed by atoms with van der Waals surface area (Å²) in [4.78, 5) is 26.5. The summed E-state index contributed by atoms with van der Waals surface area (Å²) in [5, 5.41) is 7.23. The summed E-state index contributed by atoms with van der Waals surface area (Å²) in [5.74, 6) is 2.24. The number of nitrogens with one attached hydrogen (secondary N) is 3. The molecule has 9 heteroatoms. The molecule has 36 heavy (non-hydrogen) atoms. The molecule has 3 N–H and O–H groups in total. The Balaban J connectivity index is 1.29. The van der Waals surface area contributed by atoms with Crippen LogP contribution in [-0.4, -0.2) is 53.2 Å². The summed E-state index contributed by atoms with van der Waals surface area (Å²) in [7, 11) is 5.81. The fraction of sp³-hybridized carbons (Fsp3) is 0.296. The van der Waals surface area contributed by atoms with Gasteiger partial charge in [-0.25, -0.2) is 4.98 Å². The zero-order valence-electron chi connectivity index (χ0n) is 20.8. The SMILES string of the molecule is COc1cc(Nc2nccc(Nc3cc4ccc(C)cc4[nH]c3=O)n2)ccc1OC1CC(N(C)C)C1. The van der Waals surface area contributed by atoms with Crippen molar-refractivity contribution in [1.82, 2.24) is 19.9 Å². The van der Waals surface area contributed by atoms with E-state index in [-0.39, 0.29) is 11.7 Å². The van der Waals surface area contributed by atoms with Gasteiger partial charge in [0, 0.05) is 34.9 Å². The lowest BCUT2D eigenvalue weighted by Crippen LogP contribution is -2.46. The van der Waals surface area contributed by atoms with E-state index in [1.807, 2.05) is 49.4 Å². The van der Waals surface area contributed by atoms with E-state index in [0.29, 0.717) is 35.0 Å². The molecule has 0 spiro atoms. The first-order valence-electron chi connectivity index (χ1n) is 11.9. The van der Waals surface area contributed by atoms with E-state index in [2.05, 4.69) is 44.6 Å². The maximum Gasteiger partial charge on any atom is 0.272 e. The largest absolute Gasteiger partial charge is 0.493 e. The molecule has 0 atom stereocenters. The molecular formula is C27H30N6O3. The third-order valence-electron chi connectivity index (χ3n) is 6.43. The number of H-pyrrole nitrogens is 1. The maximum atomic E-state index is 12.6. The van der Waals surface area contributed by atoms with Gasteiger partial charge in [0.25, 0.3) is 5.56 Å². The fourth-order valence-corrected chi connectivity index (χ4v) is 4.24. The van der Waals surface area contributed by atoms with Crippen molar-refractivity contribution in [2.75, 3.05) is 31.8 Å². The van der Waals surface area contributed by atoms with Crippen LogP contribution in [0.15, 0.2) is 59.5 Å². The van der Waals surface area contributed by atoms with E-state index < -0.39 is 0 Å². The van der Waals surface area contributed by atoms with Crippen molar-refractivity contribution in [3.05, 3.63) is 70.6 Å². The molecule has 1 fully saturated rings. The van der Waals surface area contributed by atoms with Crippen molar-refractivity contribution in [2.24, 2.45) is 0 Å². The quantitative estimate of drug-likeness (QED) is 0.332. The molecule has 9 nitrogen and oxygen atoms in total. The van der Waals surface area contributed by atoms with Crippen LogP contribution in [0.1, 0.15) is 18.4 Å². The van der Waals surface area contributed by atoms with Gasteiger partial charge in [-0.2, -0.15) is 4.98 Å². The number of anilines is 4. The maximum absolute atomic E-state index is 12.6. The number of rotatable bonds is 8. The topological polar surface area (TPSA) is 104 Å². The van der Waals surface area contributed by atoms with Crippen molar-refractivity contribution in [1.29, 1.82) is 0 Å². The van der Waals surface area contributed by atoms with Crippen molar-refractivity contribution in [2.45, 2.75) is 31.9 Å². The molecule has 4 aromatic rings. The molecule has 1 saturated carbocycles. The number of aromatic nitrogens is 3. The first-order valence-corrected chi connectivity index (χ1v) is 11.9. The van der Waals surface area contributed by atoms with Gasteiger partial charge in [0.1, 0.15) is 17.6 Å². The molecule has 2 aromatic carbocycles. The number of methoxy groups -OCH3 is 1. The minimum Gasteiger partial charge on any atom is -0.493 e. The second kappa shape index (κ2) is 9.87. The number of hydrogen-bond acceptors (Lipinski definition) is 8. The molecule has 1 aliphatic carbocycles. The van der Waals surface area contributed by atoms with Crippen LogP contribution in [0, 0.1) is 6.92 Å². The molecule has 0 unspecified atom stereocenters. The lowest BCUT2D eigenvalue weighted by Gasteiger charge is -2.39. The summed E-state index contributed by atoms with van der Waals surface area (Å²) in [6.07, 6.45) is 3.83. The average Bonchev–Trinajstić information content (AvgIpc) is 2.82. The molecular weight excluding hydrogens is 456 g/mol. The third-order valence-corrected chi connectivity index (χ3v) is 6.43. The molecule has 1 aliphatic rings. The Hall–Kier alpha value is -4.11. The van der Waals surface area contributed by atoms with Gasteiger partial charge in [0.15, 0.2) is 11.5 Å². The highest BCUT2D eigenvalue weighted by molar-refractivity contribution is 5.82. The molecule has 0 radical (unpaired) electrons. The Kier molecular flexibility index (Phi) is 6.47. The molecule has 0 amide bonds. The Labute approximate surface area is 209 Å². The van der Waals surface area contributed by atoms with Crippen LogP contribution in [0.3, 0.4) is 0 Å². The van der Waals surface area contributed by atoms with Crippen LogP contribution in [0.25, 0.3) is 10.9 Å². The molecule has 2 aromatic heterocycles. The van der Waals surface area contributed by atoms with Gasteiger partial charge in [-0.3, -0.25) is 4.79 Å². The number of hydrogen-bond donors (Lipinski definition) is 3. The Morgan fingerprint density at radius 1 is 1.03 bits per heavy atom. The monoisotopic (exact) mass is 486 g/mol. The first kappa shape index (κ1) is 23.6. The van der Waals surface area contributed by atoms with Crippen LogP contribution in [0.5, 0.6) is 11.5 Å². The van der Waals surface area contributed by atoms with Gasteiger partial charge in [-0.05, 0) is 69.8 Å². The van der Waals surface area contributed by atoms with E-state index in [1.165, 1.54) is 0 Å².